The van der Waals surface area contributed by atoms with Crippen molar-refractivity contribution in [1.29, 1.82) is 0 Å². The number of aryl methyl sites for hydroxylation is 1. The third-order valence-electron chi connectivity index (χ3n) is 4.53. The van der Waals surface area contributed by atoms with Crippen molar-refractivity contribution in [2.75, 3.05) is 16.2 Å². The van der Waals surface area contributed by atoms with Crippen LogP contribution in [0.25, 0.3) is 0 Å². The van der Waals surface area contributed by atoms with E-state index in [1.807, 2.05) is 0 Å². The Morgan fingerprint density at radius 1 is 1.03 bits per heavy atom. The molecule has 0 atom stereocenters. The van der Waals surface area contributed by atoms with Gasteiger partial charge in [-0.15, -0.1) is 6.58 Å². The molecule has 0 spiro atoms. The van der Waals surface area contributed by atoms with Gasteiger partial charge in [0.05, 0.1) is 12.2 Å². The molecule has 0 aliphatic rings. The third-order valence-corrected chi connectivity index (χ3v) is 6.34. The second-order valence-electron chi connectivity index (χ2n) is 6.72. The molecular weight excluding hydrogens is 422 g/mol. The second kappa shape index (κ2) is 9.09. The number of para-hydroxylation sites is 1. The van der Waals surface area contributed by atoms with Gasteiger partial charge in [-0.3, -0.25) is 9.10 Å². The van der Waals surface area contributed by atoms with Crippen LogP contribution in [-0.2, 0) is 10.0 Å². The molecule has 160 valence electrons. The number of carbonyl (C=O) groups is 1. The zero-order valence-electron chi connectivity index (χ0n) is 16.7. The lowest BCUT2D eigenvalue weighted by molar-refractivity contribution is 0.102. The Hall–Kier alpha value is -3.52. The van der Waals surface area contributed by atoms with E-state index < -0.39 is 32.5 Å². The molecule has 0 bridgehead atoms. The van der Waals surface area contributed by atoms with E-state index in [0.717, 1.165) is 28.6 Å². The summed E-state index contributed by atoms with van der Waals surface area (Å²) in [6.07, 6.45) is 1.38. The predicted molar refractivity (Wildman–Crippen MR) is 117 cm³/mol. The summed E-state index contributed by atoms with van der Waals surface area (Å²) in [7, 11) is -4.34. The van der Waals surface area contributed by atoms with Gasteiger partial charge in [-0.05, 0) is 55.0 Å². The Bertz CT molecular complexity index is 1230. The fourth-order valence-electron chi connectivity index (χ4n) is 2.89. The minimum Gasteiger partial charge on any atom is -0.322 e. The van der Waals surface area contributed by atoms with Gasteiger partial charge in [0.2, 0.25) is 0 Å². The topological polar surface area (TPSA) is 66.5 Å². The Morgan fingerprint density at radius 2 is 1.74 bits per heavy atom. The van der Waals surface area contributed by atoms with Crippen molar-refractivity contribution < 1.29 is 22.0 Å². The number of hydrogen-bond donors (Lipinski definition) is 1. The van der Waals surface area contributed by atoms with Crippen LogP contribution in [0.3, 0.4) is 0 Å². The zero-order chi connectivity index (χ0) is 22.6. The molecule has 5 nitrogen and oxygen atoms in total. The zero-order valence-corrected chi connectivity index (χ0v) is 17.5. The number of carbonyl (C=O) groups excluding carboxylic acids is 1. The van der Waals surface area contributed by atoms with Crippen LogP contribution in [0.4, 0.5) is 20.2 Å². The predicted octanol–water partition coefficient (Wildman–Crippen LogP) is 4.91. The molecule has 3 aromatic carbocycles. The molecule has 0 unspecified atom stereocenters. The summed E-state index contributed by atoms with van der Waals surface area (Å²) in [6, 6.07) is 15.4. The Balaban J connectivity index is 1.98. The molecule has 0 aliphatic heterocycles. The molecule has 0 saturated carbocycles. The standard InChI is InChI=1S/C23H20F2N2O3S/c1-3-13-27(19-7-5-4-6-8-19)31(29,30)22-14-17(10-12-20(22)24)23(28)26-18-11-9-16(2)21(25)15-18/h3-12,14-15H,1,13H2,2H3,(H,26,28). The van der Waals surface area contributed by atoms with E-state index in [9.17, 15) is 22.0 Å². The molecule has 0 aromatic heterocycles. The number of benzene rings is 3. The maximum Gasteiger partial charge on any atom is 0.267 e. The van der Waals surface area contributed by atoms with Crippen LogP contribution in [0.15, 0.2) is 84.3 Å². The van der Waals surface area contributed by atoms with E-state index in [1.54, 1.807) is 37.3 Å². The summed E-state index contributed by atoms with van der Waals surface area (Å²) in [4.78, 5) is 11.9. The van der Waals surface area contributed by atoms with E-state index in [-0.39, 0.29) is 17.8 Å². The van der Waals surface area contributed by atoms with Crippen LogP contribution in [0.1, 0.15) is 15.9 Å². The summed E-state index contributed by atoms with van der Waals surface area (Å²) in [5.74, 6) is -2.19. The smallest absolute Gasteiger partial charge is 0.267 e. The molecule has 3 rings (SSSR count). The molecule has 1 N–H and O–H groups in total. The van der Waals surface area contributed by atoms with Gasteiger partial charge in [0.25, 0.3) is 15.9 Å². The van der Waals surface area contributed by atoms with Gasteiger partial charge in [0, 0.05) is 11.3 Å². The van der Waals surface area contributed by atoms with Crippen molar-refractivity contribution in [2.24, 2.45) is 0 Å². The number of nitrogens with zero attached hydrogens (tertiary/aromatic N) is 1. The summed E-state index contributed by atoms with van der Waals surface area (Å²) < 4.78 is 55.7. The van der Waals surface area contributed by atoms with Gasteiger partial charge in [-0.1, -0.05) is 30.3 Å². The highest BCUT2D eigenvalue weighted by molar-refractivity contribution is 7.92. The molecule has 3 aromatic rings. The van der Waals surface area contributed by atoms with Gasteiger partial charge in [0.1, 0.15) is 16.5 Å². The van der Waals surface area contributed by atoms with Crippen molar-refractivity contribution in [3.05, 3.63) is 102 Å². The highest BCUT2D eigenvalue weighted by Crippen LogP contribution is 2.26. The molecule has 0 heterocycles. The first-order chi connectivity index (χ1) is 14.7. The highest BCUT2D eigenvalue weighted by Gasteiger charge is 2.28. The minimum absolute atomic E-state index is 0.0902. The summed E-state index contributed by atoms with van der Waals surface area (Å²) in [5.41, 5.74) is 0.843. The number of sulfonamides is 1. The van der Waals surface area contributed by atoms with Crippen LogP contribution < -0.4 is 9.62 Å². The lowest BCUT2D eigenvalue weighted by Crippen LogP contribution is -2.32. The van der Waals surface area contributed by atoms with E-state index in [0.29, 0.717) is 11.3 Å². The largest absolute Gasteiger partial charge is 0.322 e. The van der Waals surface area contributed by atoms with Crippen LogP contribution >= 0.6 is 0 Å². The van der Waals surface area contributed by atoms with E-state index in [4.69, 9.17) is 0 Å². The van der Waals surface area contributed by atoms with Gasteiger partial charge < -0.3 is 5.32 Å². The molecular formula is C23H20F2N2O3S. The van der Waals surface area contributed by atoms with Crippen LogP contribution in [-0.4, -0.2) is 20.9 Å². The molecule has 31 heavy (non-hydrogen) atoms. The van der Waals surface area contributed by atoms with E-state index in [1.165, 1.54) is 18.2 Å². The fraction of sp³-hybridized carbons (Fsp3) is 0.0870. The van der Waals surface area contributed by atoms with Crippen LogP contribution in [0.2, 0.25) is 0 Å². The SMILES string of the molecule is C=CCN(c1ccccc1)S(=O)(=O)c1cc(C(=O)Nc2ccc(C)c(F)c2)ccc1F. The maximum atomic E-state index is 14.6. The summed E-state index contributed by atoms with van der Waals surface area (Å²) >= 11 is 0. The lowest BCUT2D eigenvalue weighted by Gasteiger charge is -2.23. The van der Waals surface area contributed by atoms with Gasteiger partial charge in [0.15, 0.2) is 0 Å². The van der Waals surface area contributed by atoms with Crippen molar-refractivity contribution in [1.82, 2.24) is 0 Å². The Kier molecular flexibility index (Phi) is 6.50. The van der Waals surface area contributed by atoms with Crippen LogP contribution in [0, 0.1) is 18.6 Å². The lowest BCUT2D eigenvalue weighted by atomic mass is 10.2. The molecule has 0 saturated heterocycles. The highest BCUT2D eigenvalue weighted by atomic mass is 32.2. The summed E-state index contributed by atoms with van der Waals surface area (Å²) in [5, 5.41) is 2.48. The van der Waals surface area contributed by atoms with E-state index >= 15 is 0 Å². The minimum atomic E-state index is -4.34. The molecule has 0 radical (unpaired) electrons. The second-order valence-corrected chi connectivity index (χ2v) is 8.55. The monoisotopic (exact) mass is 442 g/mol. The van der Waals surface area contributed by atoms with Gasteiger partial charge in [-0.2, -0.15) is 0 Å². The molecule has 1 amide bonds. The Morgan fingerprint density at radius 3 is 2.39 bits per heavy atom. The number of nitrogens with one attached hydrogen (secondary N) is 1. The first kappa shape index (κ1) is 22.2. The summed E-state index contributed by atoms with van der Waals surface area (Å²) in [6.45, 7) is 5.06. The van der Waals surface area contributed by atoms with Gasteiger partial charge in [-0.25, -0.2) is 17.2 Å². The first-order valence-electron chi connectivity index (χ1n) is 9.30. The number of halogens is 2. The number of amides is 1. The van der Waals surface area contributed by atoms with Crippen molar-refractivity contribution in [3.8, 4) is 0 Å². The molecule has 0 aliphatic carbocycles. The molecule has 8 heteroatoms. The number of hydrogen-bond acceptors (Lipinski definition) is 3. The van der Waals surface area contributed by atoms with Crippen LogP contribution in [0.5, 0.6) is 0 Å². The molecule has 0 fully saturated rings. The number of anilines is 2. The normalized spacial score (nSPS) is 11.1. The Labute approximate surface area is 179 Å². The average molecular weight is 442 g/mol. The van der Waals surface area contributed by atoms with E-state index in [2.05, 4.69) is 11.9 Å². The van der Waals surface area contributed by atoms with Crippen molar-refractivity contribution >= 4 is 27.3 Å². The third kappa shape index (κ3) is 4.80. The van der Waals surface area contributed by atoms with Crippen molar-refractivity contribution in [2.45, 2.75) is 11.8 Å². The fourth-order valence-corrected chi connectivity index (χ4v) is 4.42. The quantitative estimate of drug-likeness (QED) is 0.529. The van der Waals surface area contributed by atoms with Crippen molar-refractivity contribution in [3.63, 3.8) is 0 Å². The van der Waals surface area contributed by atoms with Gasteiger partial charge >= 0.3 is 0 Å². The average Bonchev–Trinajstić information content (AvgIpc) is 2.75. The maximum absolute atomic E-state index is 14.6. The number of rotatable bonds is 7. The first-order valence-corrected chi connectivity index (χ1v) is 10.7.